The molecule has 1 aliphatic carbocycles. The van der Waals surface area contributed by atoms with Gasteiger partial charge >= 0.3 is 94.9 Å². The van der Waals surface area contributed by atoms with Crippen LogP contribution in [0.25, 0.3) is 5.57 Å². The molecule has 1 atom stereocenters. The molecule has 0 saturated heterocycles. The molecule has 14 heavy (non-hydrogen) atoms. The van der Waals surface area contributed by atoms with Crippen molar-refractivity contribution in [2.45, 2.75) is 26.9 Å². The molecule has 0 radical (unpaired) electrons. The van der Waals surface area contributed by atoms with Gasteiger partial charge in [0.2, 0.25) is 0 Å². The van der Waals surface area contributed by atoms with Crippen molar-refractivity contribution in [1.29, 1.82) is 0 Å². The van der Waals surface area contributed by atoms with E-state index in [1.165, 1.54) is 11.1 Å². The van der Waals surface area contributed by atoms with E-state index in [1.54, 1.807) is 11.1 Å². The number of hydrogen-bond acceptors (Lipinski definition) is 0. The van der Waals surface area contributed by atoms with Gasteiger partial charge in [0.05, 0.1) is 0 Å². The molecule has 73 valence electrons. The molecular formula is C13H17Hf. The molecule has 2 rings (SSSR count). The Morgan fingerprint density at radius 3 is 2.36 bits per heavy atom. The van der Waals surface area contributed by atoms with Crippen LogP contribution in [0.5, 0.6) is 0 Å². The molecule has 0 saturated carbocycles. The SMILES string of the molecule is CC1=C(C)[CH]([Hf]([CH3])[CH3])c2ccccc21. The fraction of sp³-hybridized carbons (Fsp3) is 0.385. The van der Waals surface area contributed by atoms with Crippen LogP contribution in [-0.2, 0) is 21.4 Å². The first-order chi connectivity index (χ1) is 6.63. The summed E-state index contributed by atoms with van der Waals surface area (Å²) in [4.78, 5) is 0. The van der Waals surface area contributed by atoms with Crippen LogP contribution in [0.2, 0.25) is 9.36 Å². The van der Waals surface area contributed by atoms with E-state index in [1.807, 2.05) is 0 Å². The monoisotopic (exact) mass is 353 g/mol. The molecule has 0 nitrogen and oxygen atoms in total. The van der Waals surface area contributed by atoms with Crippen LogP contribution >= 0.6 is 0 Å². The first-order valence-electron chi connectivity index (χ1n) is 5.19. The van der Waals surface area contributed by atoms with Gasteiger partial charge < -0.3 is 0 Å². The van der Waals surface area contributed by atoms with Crippen molar-refractivity contribution >= 4 is 5.57 Å². The van der Waals surface area contributed by atoms with Crippen molar-refractivity contribution in [2.24, 2.45) is 0 Å². The summed E-state index contributed by atoms with van der Waals surface area (Å²) >= 11 is -1.32. The van der Waals surface area contributed by atoms with E-state index in [-0.39, 0.29) is 0 Å². The Kier molecular flexibility index (Phi) is 2.79. The molecule has 0 heterocycles. The average molecular weight is 352 g/mol. The molecule has 1 aromatic carbocycles. The van der Waals surface area contributed by atoms with Gasteiger partial charge in [-0.1, -0.05) is 0 Å². The summed E-state index contributed by atoms with van der Waals surface area (Å²) in [5.41, 5.74) is 6.33. The molecule has 1 unspecified atom stereocenters. The topological polar surface area (TPSA) is 0 Å². The van der Waals surface area contributed by atoms with Crippen LogP contribution in [0.15, 0.2) is 29.8 Å². The van der Waals surface area contributed by atoms with Crippen LogP contribution in [0.3, 0.4) is 0 Å². The van der Waals surface area contributed by atoms with E-state index in [9.17, 15) is 0 Å². The Morgan fingerprint density at radius 2 is 1.71 bits per heavy atom. The number of hydrogen-bond donors (Lipinski definition) is 0. The van der Waals surface area contributed by atoms with Gasteiger partial charge in [0.15, 0.2) is 0 Å². The molecule has 1 aromatic rings. The predicted molar refractivity (Wildman–Crippen MR) is 59.2 cm³/mol. The second kappa shape index (κ2) is 3.77. The van der Waals surface area contributed by atoms with E-state index in [2.05, 4.69) is 47.5 Å². The molecular weight excluding hydrogens is 335 g/mol. The van der Waals surface area contributed by atoms with E-state index in [0.717, 1.165) is 3.67 Å². The number of fused-ring (bicyclic) bond motifs is 1. The molecule has 0 spiro atoms. The normalized spacial score (nSPS) is 19.9. The summed E-state index contributed by atoms with van der Waals surface area (Å²) in [6.07, 6.45) is 0. The first-order valence-corrected chi connectivity index (χ1v) is 14.5. The first kappa shape index (κ1) is 10.4. The van der Waals surface area contributed by atoms with Crippen LogP contribution < -0.4 is 0 Å². The van der Waals surface area contributed by atoms with Crippen LogP contribution in [0, 0.1) is 0 Å². The molecule has 0 amide bonds. The minimum atomic E-state index is -1.32. The number of benzene rings is 1. The third-order valence-electron chi connectivity index (χ3n) is 3.28. The van der Waals surface area contributed by atoms with Gasteiger partial charge in [0.25, 0.3) is 0 Å². The van der Waals surface area contributed by atoms with Crippen molar-refractivity contribution in [2.75, 3.05) is 0 Å². The van der Waals surface area contributed by atoms with E-state index < -0.39 is 21.4 Å². The zero-order valence-corrected chi connectivity index (χ0v) is 13.0. The summed E-state index contributed by atoms with van der Waals surface area (Å²) in [6.45, 7) is 4.61. The molecule has 1 heteroatoms. The van der Waals surface area contributed by atoms with Crippen molar-refractivity contribution in [3.8, 4) is 0 Å². The van der Waals surface area contributed by atoms with Gasteiger partial charge in [-0.15, -0.1) is 0 Å². The maximum atomic E-state index is 2.52. The summed E-state index contributed by atoms with van der Waals surface area (Å²) in [6, 6.07) is 8.96. The Morgan fingerprint density at radius 1 is 1.07 bits per heavy atom. The van der Waals surface area contributed by atoms with Crippen LogP contribution in [-0.4, -0.2) is 0 Å². The van der Waals surface area contributed by atoms with E-state index in [4.69, 9.17) is 0 Å². The average Bonchev–Trinajstić information content (AvgIpc) is 2.41. The molecule has 0 aromatic heterocycles. The second-order valence-corrected chi connectivity index (χ2v) is 14.2. The summed E-state index contributed by atoms with van der Waals surface area (Å²) in [5.74, 6) is 0. The van der Waals surface area contributed by atoms with Crippen LogP contribution in [0.4, 0.5) is 0 Å². The van der Waals surface area contributed by atoms with Gasteiger partial charge in [-0.25, -0.2) is 0 Å². The van der Waals surface area contributed by atoms with Crippen molar-refractivity contribution < 1.29 is 21.4 Å². The standard InChI is InChI=1S/C11H11.2CH3.Hf/c1-8-7-10-5-3-4-6-11(10)9(8)2;;;/h3-7H,1-2H3;2*1H3;. The molecule has 0 fully saturated rings. The molecule has 0 N–H and O–H groups in total. The van der Waals surface area contributed by atoms with Crippen molar-refractivity contribution in [3.63, 3.8) is 0 Å². The minimum absolute atomic E-state index is 0.858. The third-order valence-corrected chi connectivity index (χ3v) is 10.1. The van der Waals surface area contributed by atoms with Gasteiger partial charge in [0.1, 0.15) is 0 Å². The third kappa shape index (κ3) is 1.46. The van der Waals surface area contributed by atoms with Crippen LogP contribution in [0.1, 0.15) is 28.6 Å². The number of allylic oxidation sites excluding steroid dienone is 2. The fourth-order valence-corrected chi connectivity index (χ4v) is 9.52. The van der Waals surface area contributed by atoms with Gasteiger partial charge in [-0.2, -0.15) is 0 Å². The maximum absolute atomic E-state index is 2.52. The quantitative estimate of drug-likeness (QED) is 0.664. The molecule has 0 aliphatic heterocycles. The summed E-state index contributed by atoms with van der Waals surface area (Å²) in [7, 11) is 0. The van der Waals surface area contributed by atoms with E-state index >= 15 is 0 Å². The zero-order valence-electron chi connectivity index (χ0n) is 9.39. The molecule has 0 bridgehead atoms. The van der Waals surface area contributed by atoms with Gasteiger partial charge in [-0.05, 0) is 0 Å². The second-order valence-electron chi connectivity index (χ2n) is 4.41. The van der Waals surface area contributed by atoms with Gasteiger partial charge in [-0.3, -0.25) is 0 Å². The predicted octanol–water partition coefficient (Wildman–Crippen LogP) is 4.25. The van der Waals surface area contributed by atoms with Crippen molar-refractivity contribution in [1.82, 2.24) is 0 Å². The fourth-order valence-electron chi connectivity index (χ4n) is 2.50. The Bertz CT molecular complexity index is 388. The molecule has 1 aliphatic rings. The Hall–Kier alpha value is -0.170. The number of rotatable bonds is 1. The van der Waals surface area contributed by atoms with Crippen molar-refractivity contribution in [3.05, 3.63) is 41.0 Å². The van der Waals surface area contributed by atoms with E-state index in [0.29, 0.717) is 0 Å². The Balaban J connectivity index is 2.58. The zero-order chi connectivity index (χ0) is 10.3. The summed E-state index contributed by atoms with van der Waals surface area (Å²) in [5, 5.41) is 0. The van der Waals surface area contributed by atoms with Gasteiger partial charge in [0, 0.05) is 0 Å². The summed E-state index contributed by atoms with van der Waals surface area (Å²) < 4.78 is 5.90. The Labute approximate surface area is 94.6 Å².